The number of nitriles is 2. The lowest BCUT2D eigenvalue weighted by Gasteiger charge is -2.13. The van der Waals surface area contributed by atoms with Crippen LogP contribution in [0.15, 0.2) is 133 Å². The van der Waals surface area contributed by atoms with Crippen molar-refractivity contribution in [1.29, 1.82) is 10.5 Å². The molecule has 2 heterocycles. The average Bonchev–Trinajstić information content (AvgIpc) is 3.57. The molecule has 8 rings (SSSR count). The van der Waals surface area contributed by atoms with Gasteiger partial charge in [0.2, 0.25) is 0 Å². The Kier molecular flexibility index (Phi) is 6.05. The second kappa shape index (κ2) is 10.1. The molecule has 0 N–H and O–H groups in total. The maximum absolute atomic E-state index is 10.1. The first-order valence-electron chi connectivity index (χ1n) is 13.8. The molecule has 0 saturated heterocycles. The summed E-state index contributed by atoms with van der Waals surface area (Å²) < 4.78 is 4.50. The van der Waals surface area contributed by atoms with Gasteiger partial charge in [-0.25, -0.2) is 0 Å². The van der Waals surface area contributed by atoms with Crippen molar-refractivity contribution in [2.45, 2.75) is 7.43 Å². The number of fused-ring (bicyclic) bond motifs is 6. The lowest BCUT2D eigenvalue weighted by atomic mass is 10.0. The minimum atomic E-state index is 0. The highest BCUT2D eigenvalue weighted by Gasteiger charge is 2.16. The summed E-state index contributed by atoms with van der Waals surface area (Å²) >= 11 is 0. The SMILES string of the molecule is C.N#Cc1cc(-c2cccc(-n3c4ccccc4c4ccccc43)c2)cc(-n2c3ccccc3c3cc(C#N)ccc32)c1. The van der Waals surface area contributed by atoms with Gasteiger partial charge < -0.3 is 9.13 Å². The third kappa shape index (κ3) is 3.97. The van der Waals surface area contributed by atoms with Crippen molar-refractivity contribution in [2.75, 3.05) is 0 Å². The summed E-state index contributed by atoms with van der Waals surface area (Å²) in [4.78, 5) is 0. The molecule has 0 bridgehead atoms. The zero-order chi connectivity index (χ0) is 28.2. The molecule has 0 atom stereocenters. The summed E-state index contributed by atoms with van der Waals surface area (Å²) in [7, 11) is 0. The normalized spacial score (nSPS) is 11.0. The summed E-state index contributed by atoms with van der Waals surface area (Å²) in [5.41, 5.74) is 9.51. The van der Waals surface area contributed by atoms with Crippen molar-refractivity contribution in [3.8, 4) is 34.6 Å². The van der Waals surface area contributed by atoms with Crippen LogP contribution in [-0.4, -0.2) is 9.13 Å². The number of para-hydroxylation sites is 3. The van der Waals surface area contributed by atoms with Gasteiger partial charge in [-0.15, -0.1) is 0 Å². The van der Waals surface area contributed by atoms with Gasteiger partial charge in [0.05, 0.1) is 45.3 Å². The molecule has 0 saturated carbocycles. The minimum Gasteiger partial charge on any atom is -0.309 e. The fourth-order valence-electron chi connectivity index (χ4n) is 6.32. The van der Waals surface area contributed by atoms with Crippen LogP contribution in [0.1, 0.15) is 18.6 Å². The molecule has 2 aromatic heterocycles. The van der Waals surface area contributed by atoms with Crippen LogP contribution >= 0.6 is 0 Å². The average molecular weight is 551 g/mol. The first kappa shape index (κ1) is 25.8. The van der Waals surface area contributed by atoms with Crippen molar-refractivity contribution < 1.29 is 0 Å². The summed E-state index contributed by atoms with van der Waals surface area (Å²) in [6.07, 6.45) is 0. The Labute approximate surface area is 249 Å². The molecule has 0 aliphatic rings. The van der Waals surface area contributed by atoms with Crippen molar-refractivity contribution in [1.82, 2.24) is 9.13 Å². The van der Waals surface area contributed by atoms with Crippen molar-refractivity contribution in [2.24, 2.45) is 0 Å². The molecular formula is C39H26N4. The van der Waals surface area contributed by atoms with E-state index >= 15 is 0 Å². The molecule has 0 aliphatic carbocycles. The van der Waals surface area contributed by atoms with Gasteiger partial charge in [0.25, 0.3) is 0 Å². The number of hydrogen-bond donors (Lipinski definition) is 0. The van der Waals surface area contributed by atoms with Crippen LogP contribution in [-0.2, 0) is 0 Å². The van der Waals surface area contributed by atoms with Gasteiger partial charge in [0.1, 0.15) is 0 Å². The molecule has 4 heteroatoms. The Morgan fingerprint density at radius 2 is 0.930 bits per heavy atom. The standard InChI is InChI=1S/C38H22N4.CH4/c39-23-25-16-17-38-34(20-25)33-12-3-6-15-37(33)42(38)30-19-26(24-40)18-28(22-30)27-8-7-9-29(21-27)41-35-13-4-1-10-31(35)32-11-2-5-14-36(32)41;/h1-22H;1H4. The maximum Gasteiger partial charge on any atom is 0.0992 e. The van der Waals surface area contributed by atoms with Crippen LogP contribution in [0, 0.1) is 22.7 Å². The van der Waals surface area contributed by atoms with Crippen LogP contribution < -0.4 is 0 Å². The first-order chi connectivity index (χ1) is 20.7. The fraction of sp³-hybridized carbons (Fsp3) is 0.0256. The van der Waals surface area contributed by atoms with Crippen molar-refractivity contribution in [3.63, 3.8) is 0 Å². The molecule has 0 spiro atoms. The van der Waals surface area contributed by atoms with Crippen LogP contribution in [0.5, 0.6) is 0 Å². The molecule has 0 amide bonds. The Balaban J connectivity index is 0.00000300. The quantitative estimate of drug-likeness (QED) is 0.220. The van der Waals surface area contributed by atoms with Gasteiger partial charge in [0.15, 0.2) is 0 Å². The molecule has 0 radical (unpaired) electrons. The van der Waals surface area contributed by atoms with Gasteiger partial charge in [-0.3, -0.25) is 0 Å². The van der Waals surface area contributed by atoms with Crippen molar-refractivity contribution in [3.05, 3.63) is 145 Å². The van der Waals surface area contributed by atoms with Crippen LogP contribution in [0.3, 0.4) is 0 Å². The van der Waals surface area contributed by atoms with E-state index < -0.39 is 0 Å². The topological polar surface area (TPSA) is 57.4 Å². The molecule has 8 aromatic rings. The molecule has 4 nitrogen and oxygen atoms in total. The van der Waals surface area contributed by atoms with E-state index in [4.69, 9.17) is 0 Å². The zero-order valence-corrected chi connectivity index (χ0v) is 22.5. The summed E-state index contributed by atoms with van der Waals surface area (Å²) in [6.45, 7) is 0. The predicted octanol–water partition coefficient (Wildman–Crippen LogP) is 9.93. The minimum absolute atomic E-state index is 0. The fourth-order valence-corrected chi connectivity index (χ4v) is 6.32. The zero-order valence-electron chi connectivity index (χ0n) is 22.5. The smallest absolute Gasteiger partial charge is 0.0992 e. The van der Waals surface area contributed by atoms with E-state index in [1.165, 1.54) is 10.8 Å². The second-order valence-electron chi connectivity index (χ2n) is 10.5. The van der Waals surface area contributed by atoms with E-state index in [9.17, 15) is 10.5 Å². The Morgan fingerprint density at radius 3 is 1.56 bits per heavy atom. The van der Waals surface area contributed by atoms with E-state index in [1.807, 2.05) is 42.5 Å². The number of aromatic nitrogens is 2. The van der Waals surface area contributed by atoms with Crippen LogP contribution in [0.25, 0.3) is 66.1 Å². The lowest BCUT2D eigenvalue weighted by molar-refractivity contribution is 1.17. The van der Waals surface area contributed by atoms with E-state index in [1.54, 1.807) is 0 Å². The third-order valence-electron chi connectivity index (χ3n) is 8.12. The van der Waals surface area contributed by atoms with Gasteiger partial charge >= 0.3 is 0 Å². The number of hydrogen-bond acceptors (Lipinski definition) is 2. The van der Waals surface area contributed by atoms with Gasteiger partial charge in [0, 0.05) is 32.9 Å². The maximum atomic E-state index is 10.1. The predicted molar refractivity (Wildman–Crippen MR) is 177 cm³/mol. The van der Waals surface area contributed by atoms with Gasteiger partial charge in [-0.1, -0.05) is 74.2 Å². The molecule has 43 heavy (non-hydrogen) atoms. The summed E-state index contributed by atoms with van der Waals surface area (Å²) in [5, 5.41) is 24.1. The van der Waals surface area contributed by atoms with E-state index in [2.05, 4.69) is 112 Å². The second-order valence-corrected chi connectivity index (χ2v) is 10.5. The summed E-state index contributed by atoms with van der Waals surface area (Å²) in [6, 6.07) is 50.2. The highest BCUT2D eigenvalue weighted by atomic mass is 15.0. The van der Waals surface area contributed by atoms with E-state index in [0.29, 0.717) is 11.1 Å². The Morgan fingerprint density at radius 1 is 0.395 bits per heavy atom. The number of nitrogens with zero attached hydrogens (tertiary/aromatic N) is 4. The highest BCUT2D eigenvalue weighted by Crippen LogP contribution is 2.36. The lowest BCUT2D eigenvalue weighted by Crippen LogP contribution is -1.97. The summed E-state index contributed by atoms with van der Waals surface area (Å²) in [5.74, 6) is 0. The molecule has 0 fully saturated rings. The third-order valence-corrected chi connectivity index (χ3v) is 8.12. The highest BCUT2D eigenvalue weighted by molar-refractivity contribution is 6.10. The van der Waals surface area contributed by atoms with Gasteiger partial charge in [-0.2, -0.15) is 10.5 Å². The molecular weight excluding hydrogens is 524 g/mol. The number of benzene rings is 6. The van der Waals surface area contributed by atoms with Crippen molar-refractivity contribution >= 4 is 43.6 Å². The monoisotopic (exact) mass is 550 g/mol. The molecule has 0 unspecified atom stereocenters. The van der Waals surface area contributed by atoms with Crippen LogP contribution in [0.4, 0.5) is 0 Å². The largest absolute Gasteiger partial charge is 0.309 e. The Bertz CT molecular complexity index is 2390. The Hall–Kier alpha value is -6.10. The van der Waals surface area contributed by atoms with Gasteiger partial charge in [-0.05, 0) is 77.9 Å². The van der Waals surface area contributed by atoms with E-state index in [0.717, 1.165) is 55.3 Å². The van der Waals surface area contributed by atoms with E-state index in [-0.39, 0.29) is 7.43 Å². The molecule has 0 aliphatic heterocycles. The number of rotatable bonds is 3. The first-order valence-corrected chi connectivity index (χ1v) is 13.8. The molecule has 6 aromatic carbocycles. The van der Waals surface area contributed by atoms with Crippen LogP contribution in [0.2, 0.25) is 0 Å². The molecule has 202 valence electrons.